The number of carboxylic acids is 2. The fraction of sp³-hybridized carbons (Fsp3) is 0.636. The van der Waals surface area contributed by atoms with Crippen molar-refractivity contribution in [3.63, 3.8) is 0 Å². The third-order valence-corrected chi connectivity index (χ3v) is 2.93. The summed E-state index contributed by atoms with van der Waals surface area (Å²) in [4.78, 5) is 45.5. The second-order valence-electron chi connectivity index (χ2n) is 4.37. The summed E-state index contributed by atoms with van der Waals surface area (Å²) in [7, 11) is 1.29. The molecule has 0 spiro atoms. The molecule has 0 saturated heterocycles. The number of hydrogen-bond donors (Lipinski definition) is 5. The van der Waals surface area contributed by atoms with Crippen molar-refractivity contribution in [3.05, 3.63) is 0 Å². The van der Waals surface area contributed by atoms with Gasteiger partial charge in [0.2, 0.25) is 11.8 Å². The molecule has 0 rings (SSSR count). The lowest BCUT2D eigenvalue weighted by molar-refractivity contribution is -0.144. The summed E-state index contributed by atoms with van der Waals surface area (Å²) in [6.45, 7) is -0.497. The van der Waals surface area contributed by atoms with Crippen LogP contribution in [0.2, 0.25) is 0 Å². The number of amides is 2. The largest absolute Gasteiger partial charge is 0.480 e. The van der Waals surface area contributed by atoms with Gasteiger partial charge in [-0.25, -0.2) is 0 Å². The lowest BCUT2D eigenvalue weighted by Gasteiger charge is -2.22. The Hall–Kier alpha value is -1.81. The highest BCUT2D eigenvalue weighted by Gasteiger charge is 2.24. The highest BCUT2D eigenvalue weighted by atomic mass is 32.1. The van der Waals surface area contributed by atoms with Gasteiger partial charge in [-0.1, -0.05) is 0 Å². The van der Waals surface area contributed by atoms with Crippen molar-refractivity contribution < 1.29 is 29.4 Å². The number of likely N-dealkylation sites (N-methyl/N-ethyl adjacent to an activating group) is 1. The van der Waals surface area contributed by atoms with Gasteiger partial charge >= 0.3 is 11.9 Å². The lowest BCUT2D eigenvalue weighted by atomic mass is 10.1. The Balaban J connectivity index is 4.42. The highest BCUT2D eigenvalue weighted by Crippen LogP contribution is 2.00. The number of nitrogens with one attached hydrogen (secondary N) is 1. The standard InChI is InChI=1S/C11H19N3O6S/c1-14(4-9(16)17)10(18)7(5-21)13-8(15)3-2-6(12)11(19)20/h6-7,21H,2-5,12H2,1H3,(H,13,15)(H,16,17)(H,19,20)/t6-,7-/m1/s1. The van der Waals surface area contributed by atoms with Crippen LogP contribution in [0.3, 0.4) is 0 Å². The van der Waals surface area contributed by atoms with Crippen LogP contribution in [-0.4, -0.2) is 70.3 Å². The predicted octanol–water partition coefficient (Wildman–Crippen LogP) is -1.86. The quantitative estimate of drug-likeness (QED) is 0.312. The molecular weight excluding hydrogens is 302 g/mol. The van der Waals surface area contributed by atoms with Gasteiger partial charge in [-0.2, -0.15) is 12.6 Å². The molecule has 9 nitrogen and oxygen atoms in total. The fourth-order valence-corrected chi connectivity index (χ4v) is 1.66. The Morgan fingerprint density at radius 3 is 2.29 bits per heavy atom. The Morgan fingerprint density at radius 1 is 1.29 bits per heavy atom. The van der Waals surface area contributed by atoms with Crippen LogP contribution in [-0.2, 0) is 19.2 Å². The number of thiol groups is 1. The first-order valence-electron chi connectivity index (χ1n) is 6.04. The second-order valence-corrected chi connectivity index (χ2v) is 4.74. The van der Waals surface area contributed by atoms with Crippen LogP contribution < -0.4 is 11.1 Å². The van der Waals surface area contributed by atoms with Gasteiger partial charge in [-0.15, -0.1) is 0 Å². The molecule has 0 unspecified atom stereocenters. The van der Waals surface area contributed by atoms with E-state index in [-0.39, 0.29) is 18.6 Å². The monoisotopic (exact) mass is 321 g/mol. The molecule has 2 atom stereocenters. The molecule has 21 heavy (non-hydrogen) atoms. The maximum atomic E-state index is 11.9. The number of carbonyl (C=O) groups is 4. The second kappa shape index (κ2) is 9.19. The minimum Gasteiger partial charge on any atom is -0.480 e. The van der Waals surface area contributed by atoms with Crippen LogP contribution >= 0.6 is 12.6 Å². The van der Waals surface area contributed by atoms with Crippen LogP contribution in [0.1, 0.15) is 12.8 Å². The van der Waals surface area contributed by atoms with Crippen molar-refractivity contribution in [1.82, 2.24) is 10.2 Å². The molecule has 0 bridgehead atoms. The normalized spacial score (nSPS) is 13.1. The first kappa shape index (κ1) is 19.2. The highest BCUT2D eigenvalue weighted by molar-refractivity contribution is 7.80. The van der Waals surface area contributed by atoms with E-state index in [1.165, 1.54) is 7.05 Å². The van der Waals surface area contributed by atoms with E-state index < -0.39 is 42.4 Å². The minimum absolute atomic E-state index is 0.0144. The van der Waals surface area contributed by atoms with Crippen molar-refractivity contribution >= 4 is 36.4 Å². The van der Waals surface area contributed by atoms with Crippen molar-refractivity contribution in [2.24, 2.45) is 5.73 Å². The Morgan fingerprint density at radius 2 is 1.86 bits per heavy atom. The average Bonchev–Trinajstić information content (AvgIpc) is 2.40. The average molecular weight is 321 g/mol. The Kier molecular flexibility index (Phi) is 8.39. The molecular formula is C11H19N3O6S. The number of nitrogens with zero attached hydrogens (tertiary/aromatic N) is 1. The molecule has 0 heterocycles. The first-order valence-corrected chi connectivity index (χ1v) is 6.67. The van der Waals surface area contributed by atoms with Gasteiger partial charge in [0.1, 0.15) is 18.6 Å². The molecule has 10 heteroatoms. The zero-order valence-electron chi connectivity index (χ0n) is 11.5. The topological polar surface area (TPSA) is 150 Å². The van der Waals surface area contributed by atoms with Crippen molar-refractivity contribution in [2.75, 3.05) is 19.3 Å². The van der Waals surface area contributed by atoms with E-state index >= 15 is 0 Å². The molecule has 0 aromatic heterocycles. The van der Waals surface area contributed by atoms with Crippen molar-refractivity contribution in [2.45, 2.75) is 24.9 Å². The van der Waals surface area contributed by atoms with Gasteiger partial charge in [0.05, 0.1) is 0 Å². The summed E-state index contributed by atoms with van der Waals surface area (Å²) in [5.74, 6) is -3.56. The maximum absolute atomic E-state index is 11.9. The smallest absolute Gasteiger partial charge is 0.323 e. The van der Waals surface area contributed by atoms with Crippen LogP contribution in [0.15, 0.2) is 0 Å². The van der Waals surface area contributed by atoms with E-state index in [2.05, 4.69) is 17.9 Å². The fourth-order valence-electron chi connectivity index (χ4n) is 1.41. The van der Waals surface area contributed by atoms with Gasteiger partial charge in [0.25, 0.3) is 0 Å². The van der Waals surface area contributed by atoms with E-state index in [0.717, 1.165) is 4.90 Å². The maximum Gasteiger partial charge on any atom is 0.323 e. The zero-order valence-corrected chi connectivity index (χ0v) is 12.4. The van der Waals surface area contributed by atoms with E-state index in [1.807, 2.05) is 0 Å². The van der Waals surface area contributed by atoms with Gasteiger partial charge in [-0.3, -0.25) is 19.2 Å². The lowest BCUT2D eigenvalue weighted by Crippen LogP contribution is -2.49. The van der Waals surface area contributed by atoms with Crippen LogP contribution in [0.4, 0.5) is 0 Å². The molecule has 0 aromatic carbocycles. The molecule has 120 valence electrons. The molecule has 0 aliphatic rings. The third kappa shape index (κ3) is 7.51. The predicted molar refractivity (Wildman–Crippen MR) is 75.9 cm³/mol. The minimum atomic E-state index is -1.22. The van der Waals surface area contributed by atoms with Crippen molar-refractivity contribution in [3.8, 4) is 0 Å². The number of aliphatic carboxylic acids is 2. The summed E-state index contributed by atoms with van der Waals surface area (Å²) >= 11 is 3.93. The molecule has 0 fully saturated rings. The van der Waals surface area contributed by atoms with E-state index in [9.17, 15) is 19.2 Å². The van der Waals surface area contributed by atoms with Gasteiger partial charge < -0.3 is 26.2 Å². The van der Waals surface area contributed by atoms with Gasteiger partial charge in [-0.05, 0) is 6.42 Å². The van der Waals surface area contributed by atoms with E-state index in [0.29, 0.717) is 0 Å². The van der Waals surface area contributed by atoms with Crippen LogP contribution in [0, 0.1) is 0 Å². The summed E-state index contributed by atoms with van der Waals surface area (Å²) in [5, 5.41) is 19.5. The Labute approximate surface area is 126 Å². The molecule has 0 aliphatic carbocycles. The number of carboxylic acid groups (broad SMARTS) is 2. The zero-order chi connectivity index (χ0) is 16.6. The Bertz CT molecular complexity index is 417. The van der Waals surface area contributed by atoms with Crippen LogP contribution in [0.25, 0.3) is 0 Å². The summed E-state index contributed by atoms with van der Waals surface area (Å²) in [5.41, 5.74) is 5.26. The molecule has 5 N–H and O–H groups in total. The third-order valence-electron chi connectivity index (χ3n) is 2.56. The number of nitrogens with two attached hydrogens (primary N) is 1. The summed E-state index contributed by atoms with van der Waals surface area (Å²) in [6, 6.07) is -2.14. The van der Waals surface area contributed by atoms with Crippen molar-refractivity contribution in [1.29, 1.82) is 0 Å². The van der Waals surface area contributed by atoms with E-state index in [4.69, 9.17) is 15.9 Å². The summed E-state index contributed by atoms with van der Waals surface area (Å²) < 4.78 is 0. The van der Waals surface area contributed by atoms with E-state index in [1.54, 1.807) is 0 Å². The number of rotatable bonds is 9. The SMILES string of the molecule is CN(CC(=O)O)C(=O)[C@@H](CS)NC(=O)CC[C@@H](N)C(=O)O. The molecule has 0 aliphatic heterocycles. The van der Waals surface area contributed by atoms with Gasteiger partial charge in [0, 0.05) is 19.2 Å². The summed E-state index contributed by atoms with van der Waals surface area (Å²) in [6.07, 6.45) is -0.229. The number of carbonyl (C=O) groups excluding carboxylic acids is 2. The molecule has 0 aromatic rings. The number of hydrogen-bond acceptors (Lipinski definition) is 6. The molecule has 0 radical (unpaired) electrons. The van der Waals surface area contributed by atoms with Crippen LogP contribution in [0.5, 0.6) is 0 Å². The first-order chi connectivity index (χ1) is 9.68. The van der Waals surface area contributed by atoms with Gasteiger partial charge in [0.15, 0.2) is 0 Å². The molecule has 2 amide bonds. The molecule has 0 saturated carbocycles.